The van der Waals surface area contributed by atoms with Crippen molar-refractivity contribution in [1.29, 1.82) is 5.26 Å². The fourth-order valence-corrected chi connectivity index (χ4v) is 2.62. The third kappa shape index (κ3) is 4.33. The Labute approximate surface area is 131 Å². The summed E-state index contributed by atoms with van der Waals surface area (Å²) < 4.78 is 5.81. The number of nitriles is 1. The number of amides is 2. The molecule has 1 saturated heterocycles. The van der Waals surface area contributed by atoms with Crippen LogP contribution in [0, 0.1) is 17.2 Å². The van der Waals surface area contributed by atoms with E-state index in [9.17, 15) is 9.59 Å². The van der Waals surface area contributed by atoms with E-state index in [0.717, 1.165) is 12.8 Å². The van der Waals surface area contributed by atoms with E-state index in [1.807, 2.05) is 6.07 Å². The highest BCUT2D eigenvalue weighted by molar-refractivity contribution is 9.10. The molecule has 112 valence electrons. The Hall–Kier alpha value is -1.81. The van der Waals surface area contributed by atoms with E-state index in [-0.39, 0.29) is 18.2 Å². The number of nitrogens with one attached hydrogen (secondary N) is 1. The molecule has 2 amide bonds. The van der Waals surface area contributed by atoms with Gasteiger partial charge in [-0.3, -0.25) is 9.59 Å². The van der Waals surface area contributed by atoms with Gasteiger partial charge in [-0.15, -0.1) is 0 Å². The fraction of sp³-hybridized carbons (Fsp3) is 0.500. The summed E-state index contributed by atoms with van der Waals surface area (Å²) in [6.07, 6.45) is 1.56. The predicted octanol–water partition coefficient (Wildman–Crippen LogP) is 1.92. The summed E-state index contributed by atoms with van der Waals surface area (Å²) in [4.78, 5) is 25.2. The maximum absolute atomic E-state index is 12.2. The minimum atomic E-state index is -0.239. The normalized spacial score (nSPS) is 15.5. The molecule has 2 rings (SSSR count). The summed E-state index contributed by atoms with van der Waals surface area (Å²) in [5.74, 6) is 0.340. The second-order valence-electron chi connectivity index (χ2n) is 4.98. The number of carbonyl (C=O) groups excluding carboxylic acids is 2. The lowest BCUT2D eigenvalue weighted by molar-refractivity contribution is -0.120. The van der Waals surface area contributed by atoms with Gasteiger partial charge in [-0.1, -0.05) is 0 Å². The zero-order valence-corrected chi connectivity index (χ0v) is 13.1. The van der Waals surface area contributed by atoms with Gasteiger partial charge in [0.25, 0.3) is 5.91 Å². The van der Waals surface area contributed by atoms with Gasteiger partial charge in [0.2, 0.25) is 5.91 Å². The summed E-state index contributed by atoms with van der Waals surface area (Å²) in [5, 5.41) is 11.2. The van der Waals surface area contributed by atoms with Crippen molar-refractivity contribution in [1.82, 2.24) is 10.2 Å². The number of piperidine rings is 1. The van der Waals surface area contributed by atoms with E-state index < -0.39 is 0 Å². The molecular weight excluding hydrogens is 338 g/mol. The van der Waals surface area contributed by atoms with Crippen molar-refractivity contribution in [3.63, 3.8) is 0 Å². The van der Waals surface area contributed by atoms with Crippen LogP contribution in [0.4, 0.5) is 0 Å². The molecule has 1 aliphatic rings. The molecule has 0 spiro atoms. The van der Waals surface area contributed by atoms with E-state index in [2.05, 4.69) is 21.2 Å². The highest BCUT2D eigenvalue weighted by Crippen LogP contribution is 2.21. The topological polar surface area (TPSA) is 86.3 Å². The molecule has 1 aliphatic heterocycles. The zero-order chi connectivity index (χ0) is 15.2. The lowest BCUT2D eigenvalue weighted by atomic mass is 9.96. The maximum atomic E-state index is 12.2. The van der Waals surface area contributed by atoms with Gasteiger partial charge in [0.15, 0.2) is 10.4 Å². The average molecular weight is 354 g/mol. The molecule has 0 aliphatic carbocycles. The van der Waals surface area contributed by atoms with Crippen molar-refractivity contribution >= 4 is 27.7 Å². The summed E-state index contributed by atoms with van der Waals surface area (Å²) in [7, 11) is 0. The quantitative estimate of drug-likeness (QED) is 0.895. The second kappa shape index (κ2) is 7.27. The summed E-state index contributed by atoms with van der Waals surface area (Å²) in [5.41, 5.74) is 0. The van der Waals surface area contributed by atoms with Gasteiger partial charge in [-0.2, -0.15) is 5.26 Å². The molecule has 0 aromatic carbocycles. The molecule has 21 heavy (non-hydrogen) atoms. The summed E-state index contributed by atoms with van der Waals surface area (Å²) >= 11 is 3.18. The van der Waals surface area contributed by atoms with Crippen LogP contribution in [0.5, 0.6) is 0 Å². The molecule has 1 aromatic heterocycles. The number of likely N-dealkylation sites (tertiary alicyclic amines) is 1. The van der Waals surface area contributed by atoms with Crippen LogP contribution in [-0.2, 0) is 4.79 Å². The van der Waals surface area contributed by atoms with Crippen LogP contribution in [0.15, 0.2) is 21.2 Å². The zero-order valence-electron chi connectivity index (χ0n) is 11.5. The molecule has 7 heteroatoms. The highest BCUT2D eigenvalue weighted by Gasteiger charge is 2.25. The van der Waals surface area contributed by atoms with Crippen LogP contribution in [0.3, 0.4) is 0 Å². The molecule has 0 radical (unpaired) electrons. The van der Waals surface area contributed by atoms with Crippen LogP contribution in [0.2, 0.25) is 0 Å². The van der Waals surface area contributed by atoms with Gasteiger partial charge in [-0.25, -0.2) is 0 Å². The molecular formula is C14H16BrN3O3. The number of hydrogen-bond acceptors (Lipinski definition) is 4. The first-order valence-corrected chi connectivity index (χ1v) is 7.57. The van der Waals surface area contributed by atoms with Crippen LogP contribution >= 0.6 is 15.9 Å². The van der Waals surface area contributed by atoms with Gasteiger partial charge in [0, 0.05) is 19.6 Å². The Bertz CT molecular complexity index is 556. The van der Waals surface area contributed by atoms with Crippen LogP contribution in [0.1, 0.15) is 29.8 Å². The van der Waals surface area contributed by atoms with Gasteiger partial charge >= 0.3 is 0 Å². The van der Waals surface area contributed by atoms with Crippen LogP contribution < -0.4 is 5.32 Å². The standard InChI is InChI=1S/C14H16BrN3O3/c15-12-2-1-11(21-12)14(20)18-7-4-10(5-8-18)9-17-13(19)3-6-16/h1-2,10H,3-5,7-9H2,(H,17,19). The van der Waals surface area contributed by atoms with Crippen LogP contribution in [-0.4, -0.2) is 36.3 Å². The lowest BCUT2D eigenvalue weighted by Gasteiger charge is -2.31. The first-order chi connectivity index (χ1) is 10.1. The molecule has 0 saturated carbocycles. The van der Waals surface area contributed by atoms with Crippen molar-refractivity contribution in [3.05, 3.63) is 22.6 Å². The largest absolute Gasteiger partial charge is 0.444 e. The van der Waals surface area contributed by atoms with E-state index in [1.54, 1.807) is 17.0 Å². The average Bonchev–Trinajstić information content (AvgIpc) is 2.92. The SMILES string of the molecule is N#CCC(=O)NCC1CCN(C(=O)c2ccc(Br)o2)CC1. The van der Waals surface area contributed by atoms with Gasteiger partial charge < -0.3 is 14.6 Å². The van der Waals surface area contributed by atoms with Gasteiger partial charge in [0.1, 0.15) is 6.42 Å². The van der Waals surface area contributed by atoms with E-state index in [0.29, 0.717) is 36.0 Å². The van der Waals surface area contributed by atoms with Crippen molar-refractivity contribution in [2.45, 2.75) is 19.3 Å². The third-order valence-corrected chi connectivity index (χ3v) is 3.94. The molecule has 0 bridgehead atoms. The lowest BCUT2D eigenvalue weighted by Crippen LogP contribution is -2.41. The third-order valence-electron chi connectivity index (χ3n) is 3.51. The summed E-state index contributed by atoms with van der Waals surface area (Å²) in [6.45, 7) is 1.86. The molecule has 1 fully saturated rings. The van der Waals surface area contributed by atoms with Crippen molar-refractivity contribution in [2.75, 3.05) is 19.6 Å². The Morgan fingerprint density at radius 2 is 2.14 bits per heavy atom. The molecule has 2 heterocycles. The first kappa shape index (κ1) is 15.6. The number of rotatable bonds is 4. The Balaban J connectivity index is 1.77. The Morgan fingerprint density at radius 1 is 1.43 bits per heavy atom. The second-order valence-corrected chi connectivity index (χ2v) is 5.76. The minimum absolute atomic E-state index is 0.104. The van der Waals surface area contributed by atoms with Crippen molar-refractivity contribution in [3.8, 4) is 6.07 Å². The minimum Gasteiger partial charge on any atom is -0.444 e. The fourth-order valence-electron chi connectivity index (χ4n) is 2.32. The molecule has 1 aromatic rings. The van der Waals surface area contributed by atoms with Gasteiger partial charge in [0.05, 0.1) is 6.07 Å². The van der Waals surface area contributed by atoms with E-state index >= 15 is 0 Å². The number of furan rings is 1. The highest BCUT2D eigenvalue weighted by atomic mass is 79.9. The molecule has 6 nitrogen and oxygen atoms in total. The molecule has 1 N–H and O–H groups in total. The van der Waals surface area contributed by atoms with Gasteiger partial charge in [-0.05, 0) is 46.8 Å². The first-order valence-electron chi connectivity index (χ1n) is 6.78. The van der Waals surface area contributed by atoms with E-state index in [4.69, 9.17) is 9.68 Å². The van der Waals surface area contributed by atoms with Crippen LogP contribution in [0.25, 0.3) is 0 Å². The molecule has 0 unspecified atom stereocenters. The number of carbonyl (C=O) groups is 2. The smallest absolute Gasteiger partial charge is 0.289 e. The number of halogens is 1. The number of nitrogens with zero attached hydrogens (tertiary/aromatic N) is 2. The Kier molecular flexibility index (Phi) is 5.39. The van der Waals surface area contributed by atoms with Crippen molar-refractivity contribution < 1.29 is 14.0 Å². The maximum Gasteiger partial charge on any atom is 0.289 e. The predicted molar refractivity (Wildman–Crippen MR) is 78.3 cm³/mol. The number of hydrogen-bond donors (Lipinski definition) is 1. The van der Waals surface area contributed by atoms with Crippen molar-refractivity contribution in [2.24, 2.45) is 5.92 Å². The molecule has 0 atom stereocenters. The summed E-state index contributed by atoms with van der Waals surface area (Å²) in [6, 6.07) is 5.17. The Morgan fingerprint density at radius 3 is 2.71 bits per heavy atom. The van der Waals surface area contributed by atoms with E-state index in [1.165, 1.54) is 0 Å². The monoisotopic (exact) mass is 353 g/mol.